The van der Waals surface area contributed by atoms with Crippen molar-refractivity contribution in [3.63, 3.8) is 0 Å². The number of aromatic nitrogens is 2. The third kappa shape index (κ3) is 1.47. The first kappa shape index (κ1) is 7.69. The molecule has 0 spiro atoms. The fourth-order valence-electron chi connectivity index (χ4n) is 1.21. The summed E-state index contributed by atoms with van der Waals surface area (Å²) in [5, 5.41) is 9.48. The van der Waals surface area contributed by atoms with Crippen molar-refractivity contribution in [3.05, 3.63) is 36.3 Å². The van der Waals surface area contributed by atoms with E-state index in [1.54, 1.807) is 18.6 Å². The van der Waals surface area contributed by atoms with Gasteiger partial charge in [-0.05, 0) is 17.7 Å². The van der Waals surface area contributed by atoms with Crippen LogP contribution >= 0.6 is 0 Å². The van der Waals surface area contributed by atoms with Gasteiger partial charge in [-0.1, -0.05) is 0 Å². The molecule has 2 rings (SSSR count). The highest BCUT2D eigenvalue weighted by Gasteiger charge is 1.96. The van der Waals surface area contributed by atoms with Gasteiger partial charge in [0.2, 0.25) is 0 Å². The molecule has 13 heavy (non-hydrogen) atoms. The summed E-state index contributed by atoms with van der Waals surface area (Å²) in [5.41, 5.74) is 1.85. The van der Waals surface area contributed by atoms with E-state index in [1.165, 1.54) is 0 Å². The smallest absolute Gasteiger partial charge is 0.0732 e. The predicted octanol–water partition coefficient (Wildman–Crippen LogP) is 1.70. The van der Waals surface area contributed by atoms with Gasteiger partial charge in [-0.25, -0.2) is 0 Å². The summed E-state index contributed by atoms with van der Waals surface area (Å²) >= 11 is 0. The second kappa shape index (κ2) is 3.20. The first-order valence-corrected chi connectivity index (χ1v) is 3.96. The Morgan fingerprint density at radius 1 is 1.38 bits per heavy atom. The van der Waals surface area contributed by atoms with Gasteiger partial charge in [-0.15, -0.1) is 0 Å². The lowest BCUT2D eigenvalue weighted by Crippen LogP contribution is -1.85. The Hall–Kier alpha value is -1.95. The fourth-order valence-corrected chi connectivity index (χ4v) is 1.21. The monoisotopic (exact) mass is 169 g/mol. The molecule has 0 saturated carbocycles. The SMILES string of the molecule is N#CCc1cnc2ccncc2c1. The normalized spacial score (nSPS) is 9.77. The Morgan fingerprint density at radius 2 is 2.31 bits per heavy atom. The minimum Gasteiger partial charge on any atom is -0.264 e. The molecule has 0 bridgehead atoms. The van der Waals surface area contributed by atoms with Crippen molar-refractivity contribution in [2.45, 2.75) is 6.42 Å². The Balaban J connectivity index is 2.57. The summed E-state index contributed by atoms with van der Waals surface area (Å²) in [6.07, 6.45) is 5.59. The van der Waals surface area contributed by atoms with E-state index in [4.69, 9.17) is 5.26 Å². The van der Waals surface area contributed by atoms with Crippen LogP contribution in [0.4, 0.5) is 0 Å². The number of hydrogen-bond donors (Lipinski definition) is 0. The first-order valence-electron chi connectivity index (χ1n) is 3.96. The molecule has 2 aromatic heterocycles. The number of rotatable bonds is 1. The molecule has 0 aliphatic carbocycles. The van der Waals surface area contributed by atoms with Crippen LogP contribution in [0.1, 0.15) is 5.56 Å². The molecule has 0 unspecified atom stereocenters. The molecule has 0 N–H and O–H groups in total. The van der Waals surface area contributed by atoms with Crippen molar-refractivity contribution in [3.8, 4) is 6.07 Å². The van der Waals surface area contributed by atoms with Crippen LogP contribution in [0.2, 0.25) is 0 Å². The Labute approximate surface area is 75.7 Å². The minimum absolute atomic E-state index is 0.401. The second-order valence-corrected chi connectivity index (χ2v) is 2.75. The van der Waals surface area contributed by atoms with Crippen LogP contribution < -0.4 is 0 Å². The van der Waals surface area contributed by atoms with Gasteiger partial charge in [-0.2, -0.15) is 5.26 Å². The Bertz CT molecular complexity index is 471. The number of fused-ring (bicyclic) bond motifs is 1. The van der Waals surface area contributed by atoms with E-state index < -0.39 is 0 Å². The van der Waals surface area contributed by atoms with Gasteiger partial charge in [0.1, 0.15) is 0 Å². The summed E-state index contributed by atoms with van der Waals surface area (Å²) in [6, 6.07) is 5.88. The highest BCUT2D eigenvalue weighted by atomic mass is 14.7. The maximum absolute atomic E-state index is 8.50. The highest BCUT2D eigenvalue weighted by Crippen LogP contribution is 2.11. The van der Waals surface area contributed by atoms with Gasteiger partial charge in [0.05, 0.1) is 18.0 Å². The zero-order chi connectivity index (χ0) is 9.10. The predicted molar refractivity (Wildman–Crippen MR) is 48.9 cm³/mol. The zero-order valence-corrected chi connectivity index (χ0v) is 6.94. The van der Waals surface area contributed by atoms with Gasteiger partial charge in [0, 0.05) is 24.0 Å². The van der Waals surface area contributed by atoms with E-state index in [0.717, 1.165) is 16.5 Å². The standard InChI is InChI=1S/C10H7N3/c11-3-1-8-5-9-7-12-4-2-10(9)13-6-8/h2,4-7H,1H2. The van der Waals surface area contributed by atoms with Crippen molar-refractivity contribution >= 4 is 10.9 Å². The zero-order valence-electron chi connectivity index (χ0n) is 6.94. The second-order valence-electron chi connectivity index (χ2n) is 2.75. The number of hydrogen-bond acceptors (Lipinski definition) is 3. The molecule has 0 aromatic carbocycles. The van der Waals surface area contributed by atoms with Crippen molar-refractivity contribution in [1.82, 2.24) is 9.97 Å². The number of pyridine rings is 2. The molecular formula is C10H7N3. The summed E-state index contributed by atoms with van der Waals surface area (Å²) in [5.74, 6) is 0. The lowest BCUT2D eigenvalue weighted by molar-refractivity contribution is 1.21. The third-order valence-electron chi connectivity index (χ3n) is 1.82. The molecule has 0 saturated heterocycles. The molecular weight excluding hydrogens is 162 g/mol. The molecule has 3 nitrogen and oxygen atoms in total. The Kier molecular flexibility index (Phi) is 1.89. The van der Waals surface area contributed by atoms with Crippen LogP contribution in [0.5, 0.6) is 0 Å². The lowest BCUT2D eigenvalue weighted by Gasteiger charge is -1.97. The molecule has 2 heterocycles. The van der Waals surface area contributed by atoms with Crippen LogP contribution in [0.25, 0.3) is 10.9 Å². The van der Waals surface area contributed by atoms with E-state index in [-0.39, 0.29) is 0 Å². The number of nitriles is 1. The van der Waals surface area contributed by atoms with Gasteiger partial charge >= 0.3 is 0 Å². The first-order chi connectivity index (χ1) is 6.40. The fraction of sp³-hybridized carbons (Fsp3) is 0.100. The highest BCUT2D eigenvalue weighted by molar-refractivity contribution is 5.77. The molecule has 0 amide bonds. The molecule has 0 atom stereocenters. The minimum atomic E-state index is 0.401. The van der Waals surface area contributed by atoms with Crippen LogP contribution in [-0.2, 0) is 6.42 Å². The topological polar surface area (TPSA) is 49.6 Å². The Morgan fingerprint density at radius 3 is 3.15 bits per heavy atom. The van der Waals surface area contributed by atoms with E-state index in [9.17, 15) is 0 Å². The summed E-state index contributed by atoms with van der Waals surface area (Å²) in [4.78, 5) is 8.20. The van der Waals surface area contributed by atoms with E-state index in [0.29, 0.717) is 6.42 Å². The van der Waals surface area contributed by atoms with Gasteiger partial charge < -0.3 is 0 Å². The molecule has 3 heteroatoms. The van der Waals surface area contributed by atoms with Crippen molar-refractivity contribution in [2.75, 3.05) is 0 Å². The van der Waals surface area contributed by atoms with E-state index >= 15 is 0 Å². The van der Waals surface area contributed by atoms with Crippen molar-refractivity contribution < 1.29 is 0 Å². The van der Waals surface area contributed by atoms with Crippen LogP contribution in [0.3, 0.4) is 0 Å². The third-order valence-corrected chi connectivity index (χ3v) is 1.82. The van der Waals surface area contributed by atoms with Crippen molar-refractivity contribution in [1.29, 1.82) is 5.26 Å². The molecule has 0 fully saturated rings. The molecule has 0 aliphatic rings. The molecule has 0 aliphatic heterocycles. The molecule has 62 valence electrons. The summed E-state index contributed by atoms with van der Waals surface area (Å²) < 4.78 is 0. The summed E-state index contributed by atoms with van der Waals surface area (Å²) in [6.45, 7) is 0. The average Bonchev–Trinajstić information content (AvgIpc) is 2.18. The van der Waals surface area contributed by atoms with E-state index in [2.05, 4.69) is 16.0 Å². The quantitative estimate of drug-likeness (QED) is 0.652. The van der Waals surface area contributed by atoms with Crippen LogP contribution in [-0.4, -0.2) is 9.97 Å². The van der Waals surface area contributed by atoms with Gasteiger partial charge in [0.15, 0.2) is 0 Å². The maximum atomic E-state index is 8.50. The van der Waals surface area contributed by atoms with Gasteiger partial charge in [-0.3, -0.25) is 9.97 Å². The lowest BCUT2D eigenvalue weighted by atomic mass is 10.2. The molecule has 2 aromatic rings. The summed E-state index contributed by atoms with van der Waals surface area (Å²) in [7, 11) is 0. The van der Waals surface area contributed by atoms with E-state index in [1.807, 2.05) is 12.1 Å². The van der Waals surface area contributed by atoms with Gasteiger partial charge in [0.25, 0.3) is 0 Å². The molecule has 0 radical (unpaired) electrons. The van der Waals surface area contributed by atoms with Crippen molar-refractivity contribution in [2.24, 2.45) is 0 Å². The number of nitrogens with zero attached hydrogens (tertiary/aromatic N) is 3. The van der Waals surface area contributed by atoms with Crippen LogP contribution in [0.15, 0.2) is 30.7 Å². The average molecular weight is 169 g/mol. The van der Waals surface area contributed by atoms with Crippen LogP contribution in [0, 0.1) is 11.3 Å². The largest absolute Gasteiger partial charge is 0.264 e. The maximum Gasteiger partial charge on any atom is 0.0732 e.